The summed E-state index contributed by atoms with van der Waals surface area (Å²) in [7, 11) is 0. The molecule has 0 saturated carbocycles. The number of aliphatic hydroxyl groups excluding tert-OH is 1. The molecule has 1 heterocycles. The molecule has 0 aromatic heterocycles. The molecule has 1 aromatic carbocycles. The van der Waals surface area contributed by atoms with Gasteiger partial charge in [-0.1, -0.05) is 12.1 Å². The van der Waals surface area contributed by atoms with Crippen LogP contribution < -0.4 is 4.90 Å². The summed E-state index contributed by atoms with van der Waals surface area (Å²) in [5, 5.41) is 19.0. The summed E-state index contributed by atoms with van der Waals surface area (Å²) in [4.78, 5) is 4.49. The van der Waals surface area contributed by atoms with Crippen molar-refractivity contribution in [2.75, 3.05) is 50.8 Å². The van der Waals surface area contributed by atoms with Gasteiger partial charge in [-0.3, -0.25) is 4.90 Å². The van der Waals surface area contributed by atoms with Crippen molar-refractivity contribution in [3.8, 4) is 6.07 Å². The number of hydrogen-bond donors (Lipinski definition) is 1. The molecule has 1 N–H and O–H groups in total. The van der Waals surface area contributed by atoms with Gasteiger partial charge in [0.05, 0.1) is 24.0 Å². The number of benzene rings is 1. The van der Waals surface area contributed by atoms with Gasteiger partial charge in [0.25, 0.3) is 0 Å². The van der Waals surface area contributed by atoms with Crippen molar-refractivity contribution in [2.45, 2.75) is 13.0 Å². The van der Waals surface area contributed by atoms with Gasteiger partial charge >= 0.3 is 0 Å². The number of β-amino-alcohol motifs (C(OH)–C–C–N with tert-alkyl or cyclic N) is 1. The second kappa shape index (κ2) is 7.99. The molecule has 114 valence electrons. The van der Waals surface area contributed by atoms with E-state index in [1.807, 2.05) is 31.2 Å². The first-order chi connectivity index (χ1) is 10.2. The van der Waals surface area contributed by atoms with Crippen LogP contribution in [0.25, 0.3) is 0 Å². The standard InChI is InChI=1S/C16H23N3O2/c1-2-21-13-15(20)12-18-7-9-19(10-8-18)16-6-4-3-5-14(16)11-17/h3-6,15,20H,2,7-10,12-13H2,1H3. The zero-order chi connectivity index (χ0) is 15.1. The van der Waals surface area contributed by atoms with Crippen molar-refractivity contribution in [3.05, 3.63) is 29.8 Å². The molecule has 1 aliphatic heterocycles. The lowest BCUT2D eigenvalue weighted by Crippen LogP contribution is -2.49. The molecule has 1 unspecified atom stereocenters. The highest BCUT2D eigenvalue weighted by Gasteiger charge is 2.20. The lowest BCUT2D eigenvalue weighted by Gasteiger charge is -2.37. The van der Waals surface area contributed by atoms with Gasteiger partial charge in [0, 0.05) is 39.3 Å². The Balaban J connectivity index is 1.84. The first-order valence-corrected chi connectivity index (χ1v) is 7.46. The van der Waals surface area contributed by atoms with E-state index in [2.05, 4.69) is 15.9 Å². The Labute approximate surface area is 126 Å². The Morgan fingerprint density at radius 2 is 2.00 bits per heavy atom. The highest BCUT2D eigenvalue weighted by Crippen LogP contribution is 2.21. The average molecular weight is 289 g/mol. The summed E-state index contributed by atoms with van der Waals surface area (Å²) >= 11 is 0. The van der Waals surface area contributed by atoms with E-state index in [4.69, 9.17) is 10.00 Å². The number of rotatable bonds is 6. The van der Waals surface area contributed by atoms with Gasteiger partial charge in [0.2, 0.25) is 0 Å². The normalized spacial score (nSPS) is 17.5. The highest BCUT2D eigenvalue weighted by atomic mass is 16.5. The molecule has 5 nitrogen and oxygen atoms in total. The van der Waals surface area contributed by atoms with Gasteiger partial charge in [-0.2, -0.15) is 5.26 Å². The van der Waals surface area contributed by atoms with Crippen LogP contribution in [0.3, 0.4) is 0 Å². The first kappa shape index (κ1) is 15.8. The van der Waals surface area contributed by atoms with E-state index < -0.39 is 6.10 Å². The van der Waals surface area contributed by atoms with Crippen molar-refractivity contribution in [3.63, 3.8) is 0 Å². The molecule has 0 amide bonds. The topological polar surface area (TPSA) is 59.7 Å². The van der Waals surface area contributed by atoms with E-state index in [0.29, 0.717) is 19.8 Å². The quantitative estimate of drug-likeness (QED) is 0.849. The van der Waals surface area contributed by atoms with Crippen molar-refractivity contribution in [1.29, 1.82) is 5.26 Å². The summed E-state index contributed by atoms with van der Waals surface area (Å²) in [6, 6.07) is 9.96. The SMILES string of the molecule is CCOCC(O)CN1CCN(c2ccccc2C#N)CC1. The van der Waals surface area contributed by atoms with Crippen LogP contribution >= 0.6 is 0 Å². The average Bonchev–Trinajstić information content (AvgIpc) is 2.53. The van der Waals surface area contributed by atoms with Crippen LogP contribution in [0.4, 0.5) is 5.69 Å². The van der Waals surface area contributed by atoms with E-state index in [1.54, 1.807) is 0 Å². The fourth-order valence-electron chi connectivity index (χ4n) is 2.62. The largest absolute Gasteiger partial charge is 0.389 e. The molecule has 21 heavy (non-hydrogen) atoms. The molecule has 0 aliphatic carbocycles. The Hall–Kier alpha value is -1.61. The minimum absolute atomic E-state index is 0.397. The number of ether oxygens (including phenoxy) is 1. The molecule has 0 radical (unpaired) electrons. The van der Waals surface area contributed by atoms with Crippen molar-refractivity contribution < 1.29 is 9.84 Å². The van der Waals surface area contributed by atoms with Gasteiger partial charge in [-0.25, -0.2) is 0 Å². The van der Waals surface area contributed by atoms with E-state index in [1.165, 1.54) is 0 Å². The highest BCUT2D eigenvalue weighted by molar-refractivity contribution is 5.59. The zero-order valence-electron chi connectivity index (χ0n) is 12.5. The van der Waals surface area contributed by atoms with E-state index in [-0.39, 0.29) is 0 Å². The molecule has 1 atom stereocenters. The molecular weight excluding hydrogens is 266 g/mol. The van der Waals surface area contributed by atoms with Gasteiger partial charge in [-0.15, -0.1) is 0 Å². The van der Waals surface area contributed by atoms with E-state index >= 15 is 0 Å². The number of nitriles is 1. The third kappa shape index (κ3) is 4.43. The maximum atomic E-state index is 9.87. The van der Waals surface area contributed by atoms with Crippen LogP contribution in [0.5, 0.6) is 0 Å². The molecule has 0 bridgehead atoms. The molecule has 1 aliphatic rings. The Bertz CT molecular complexity index is 479. The fraction of sp³-hybridized carbons (Fsp3) is 0.562. The minimum Gasteiger partial charge on any atom is -0.389 e. The Morgan fingerprint density at radius 3 is 2.67 bits per heavy atom. The Kier molecular flexibility index (Phi) is 6.00. The second-order valence-corrected chi connectivity index (χ2v) is 5.23. The first-order valence-electron chi connectivity index (χ1n) is 7.46. The van der Waals surface area contributed by atoms with Crippen LogP contribution in [0.2, 0.25) is 0 Å². The van der Waals surface area contributed by atoms with Gasteiger partial charge in [0.1, 0.15) is 6.07 Å². The molecule has 1 aromatic rings. The number of piperazine rings is 1. The van der Waals surface area contributed by atoms with Crippen LogP contribution in [-0.4, -0.2) is 62.0 Å². The van der Waals surface area contributed by atoms with Crippen molar-refractivity contribution >= 4 is 5.69 Å². The summed E-state index contributed by atoms with van der Waals surface area (Å²) in [5.74, 6) is 0. The molecule has 1 saturated heterocycles. The number of nitrogens with zero attached hydrogens (tertiary/aromatic N) is 3. The number of anilines is 1. The third-order valence-corrected chi connectivity index (χ3v) is 3.72. The van der Waals surface area contributed by atoms with Crippen molar-refractivity contribution in [1.82, 2.24) is 4.90 Å². The number of para-hydroxylation sites is 1. The smallest absolute Gasteiger partial charge is 0.101 e. The molecular formula is C16H23N3O2. The molecule has 1 fully saturated rings. The maximum absolute atomic E-state index is 9.87. The second-order valence-electron chi connectivity index (χ2n) is 5.23. The maximum Gasteiger partial charge on any atom is 0.101 e. The Morgan fingerprint density at radius 1 is 1.29 bits per heavy atom. The van der Waals surface area contributed by atoms with E-state index in [9.17, 15) is 5.11 Å². The van der Waals surface area contributed by atoms with Gasteiger partial charge in [-0.05, 0) is 19.1 Å². The predicted molar refractivity (Wildman–Crippen MR) is 82.3 cm³/mol. The lowest BCUT2D eigenvalue weighted by atomic mass is 10.1. The molecule has 0 spiro atoms. The third-order valence-electron chi connectivity index (χ3n) is 3.72. The van der Waals surface area contributed by atoms with E-state index in [0.717, 1.165) is 37.4 Å². The molecule has 2 rings (SSSR count). The lowest BCUT2D eigenvalue weighted by molar-refractivity contribution is 0.0202. The van der Waals surface area contributed by atoms with Crippen LogP contribution in [0, 0.1) is 11.3 Å². The van der Waals surface area contributed by atoms with Crippen molar-refractivity contribution in [2.24, 2.45) is 0 Å². The summed E-state index contributed by atoms with van der Waals surface area (Å²) in [6.45, 7) is 7.14. The minimum atomic E-state index is -0.428. The number of hydrogen-bond acceptors (Lipinski definition) is 5. The predicted octanol–water partition coefficient (Wildman–Crippen LogP) is 1.08. The van der Waals surface area contributed by atoms with Crippen LogP contribution in [0.15, 0.2) is 24.3 Å². The molecule has 5 heteroatoms. The summed E-state index contributed by atoms with van der Waals surface area (Å²) in [6.07, 6.45) is -0.428. The fourth-order valence-corrected chi connectivity index (χ4v) is 2.62. The van der Waals surface area contributed by atoms with Crippen LogP contribution in [-0.2, 0) is 4.74 Å². The monoisotopic (exact) mass is 289 g/mol. The van der Waals surface area contributed by atoms with Crippen LogP contribution in [0.1, 0.15) is 12.5 Å². The van der Waals surface area contributed by atoms with Gasteiger partial charge in [0.15, 0.2) is 0 Å². The zero-order valence-corrected chi connectivity index (χ0v) is 12.5. The summed E-state index contributed by atoms with van der Waals surface area (Å²) in [5.41, 5.74) is 1.73. The van der Waals surface area contributed by atoms with Gasteiger partial charge < -0.3 is 14.7 Å². The summed E-state index contributed by atoms with van der Waals surface area (Å²) < 4.78 is 5.23. The number of aliphatic hydroxyl groups is 1.